The van der Waals surface area contributed by atoms with Gasteiger partial charge in [0, 0.05) is 24.0 Å². The Morgan fingerprint density at radius 2 is 1.81 bits per heavy atom. The van der Waals surface area contributed by atoms with Crippen LogP contribution in [0.4, 0.5) is 21.8 Å². The van der Waals surface area contributed by atoms with Crippen molar-refractivity contribution in [1.82, 2.24) is 9.97 Å². The Hall–Kier alpha value is -1.59. The summed E-state index contributed by atoms with van der Waals surface area (Å²) in [6.45, 7) is 4.72. The van der Waals surface area contributed by atoms with Gasteiger partial charge in [-0.1, -0.05) is 30.1 Å². The van der Waals surface area contributed by atoms with Crippen molar-refractivity contribution in [2.24, 2.45) is 0 Å². The Morgan fingerprint density at radius 1 is 1.14 bits per heavy atom. The van der Waals surface area contributed by atoms with Crippen molar-refractivity contribution in [1.29, 1.82) is 0 Å². The molecule has 1 aromatic heterocycles. The lowest BCUT2D eigenvalue weighted by Crippen LogP contribution is -2.06. The monoisotopic (exact) mass is 328 g/mol. The smallest absolute Gasteiger partial charge is 0.224 e. The summed E-state index contributed by atoms with van der Waals surface area (Å²) in [4.78, 5) is 8.62. The summed E-state index contributed by atoms with van der Waals surface area (Å²) in [5.41, 5.74) is 1.37. The van der Waals surface area contributed by atoms with E-state index in [2.05, 4.69) is 27.5 Å². The minimum absolute atomic E-state index is 0.0416. The van der Waals surface area contributed by atoms with Crippen LogP contribution in [0.5, 0.6) is 0 Å². The standard InChI is InChI=1S/C14H15Cl2FN4/c1-3-4-18-14-19-8(2)5-12(21-14)20-9-6-10(15)13(17)11(16)7-9/h5-7H,3-4H2,1-2H3,(H2,18,19,20,21). The zero-order valence-electron chi connectivity index (χ0n) is 11.7. The highest BCUT2D eigenvalue weighted by Gasteiger charge is 2.09. The number of hydrogen-bond acceptors (Lipinski definition) is 4. The third-order valence-electron chi connectivity index (χ3n) is 2.64. The van der Waals surface area contributed by atoms with E-state index in [0.29, 0.717) is 17.5 Å². The van der Waals surface area contributed by atoms with Crippen LogP contribution in [0.3, 0.4) is 0 Å². The lowest BCUT2D eigenvalue weighted by Gasteiger charge is -2.10. The van der Waals surface area contributed by atoms with Crippen molar-refractivity contribution in [3.05, 3.63) is 39.8 Å². The van der Waals surface area contributed by atoms with E-state index < -0.39 is 5.82 Å². The molecule has 0 spiro atoms. The molecule has 0 radical (unpaired) electrons. The Morgan fingerprint density at radius 3 is 2.43 bits per heavy atom. The summed E-state index contributed by atoms with van der Waals surface area (Å²) in [7, 11) is 0. The number of rotatable bonds is 5. The molecule has 1 heterocycles. The topological polar surface area (TPSA) is 49.8 Å². The quantitative estimate of drug-likeness (QED) is 0.774. The Labute approximate surface area is 132 Å². The van der Waals surface area contributed by atoms with Crippen molar-refractivity contribution >= 4 is 40.7 Å². The van der Waals surface area contributed by atoms with E-state index in [1.807, 2.05) is 6.92 Å². The molecule has 0 aliphatic carbocycles. The number of aryl methyl sites for hydroxylation is 1. The van der Waals surface area contributed by atoms with Gasteiger partial charge in [-0.05, 0) is 25.5 Å². The summed E-state index contributed by atoms with van der Waals surface area (Å²) >= 11 is 11.5. The van der Waals surface area contributed by atoms with Gasteiger partial charge in [0.2, 0.25) is 5.95 Å². The van der Waals surface area contributed by atoms with Crippen LogP contribution >= 0.6 is 23.2 Å². The highest BCUT2D eigenvalue weighted by Crippen LogP contribution is 2.29. The number of halogens is 3. The van der Waals surface area contributed by atoms with E-state index in [4.69, 9.17) is 23.2 Å². The molecule has 21 heavy (non-hydrogen) atoms. The van der Waals surface area contributed by atoms with Crippen LogP contribution in [0.2, 0.25) is 10.0 Å². The molecule has 0 saturated heterocycles. The van der Waals surface area contributed by atoms with E-state index in [-0.39, 0.29) is 10.0 Å². The largest absolute Gasteiger partial charge is 0.354 e. The van der Waals surface area contributed by atoms with Gasteiger partial charge in [-0.2, -0.15) is 4.98 Å². The molecular formula is C14H15Cl2FN4. The number of benzene rings is 1. The number of anilines is 3. The maximum absolute atomic E-state index is 13.4. The molecule has 0 unspecified atom stereocenters. The molecule has 0 aliphatic rings. The second kappa shape index (κ2) is 6.91. The summed E-state index contributed by atoms with van der Waals surface area (Å²) in [5, 5.41) is 6.08. The Balaban J connectivity index is 2.24. The van der Waals surface area contributed by atoms with E-state index in [1.165, 1.54) is 12.1 Å². The summed E-state index contributed by atoms with van der Waals surface area (Å²) < 4.78 is 13.4. The molecule has 0 aliphatic heterocycles. The fourth-order valence-electron chi connectivity index (χ4n) is 1.72. The lowest BCUT2D eigenvalue weighted by atomic mass is 10.3. The van der Waals surface area contributed by atoms with Crippen molar-refractivity contribution in [3.8, 4) is 0 Å². The first kappa shape index (κ1) is 15.8. The van der Waals surface area contributed by atoms with Gasteiger partial charge in [0.1, 0.15) is 5.82 Å². The average Bonchev–Trinajstić information content (AvgIpc) is 2.42. The van der Waals surface area contributed by atoms with Crippen LogP contribution in [0.15, 0.2) is 18.2 Å². The minimum atomic E-state index is -0.631. The fraction of sp³-hybridized carbons (Fsp3) is 0.286. The number of aromatic nitrogens is 2. The van der Waals surface area contributed by atoms with Crippen LogP contribution in [-0.4, -0.2) is 16.5 Å². The molecule has 0 fully saturated rings. The lowest BCUT2D eigenvalue weighted by molar-refractivity contribution is 0.629. The molecule has 0 saturated carbocycles. The number of nitrogens with zero attached hydrogens (tertiary/aromatic N) is 2. The van der Waals surface area contributed by atoms with E-state index >= 15 is 0 Å². The Kier molecular flexibility index (Phi) is 5.20. The molecule has 0 amide bonds. The van der Waals surface area contributed by atoms with Gasteiger partial charge in [-0.25, -0.2) is 9.37 Å². The van der Waals surface area contributed by atoms with Gasteiger partial charge in [-0.3, -0.25) is 0 Å². The molecule has 4 nitrogen and oxygen atoms in total. The predicted molar refractivity (Wildman–Crippen MR) is 85.3 cm³/mol. The van der Waals surface area contributed by atoms with Crippen LogP contribution < -0.4 is 10.6 Å². The van der Waals surface area contributed by atoms with E-state index in [0.717, 1.165) is 18.7 Å². The number of hydrogen-bond donors (Lipinski definition) is 2. The average molecular weight is 329 g/mol. The van der Waals surface area contributed by atoms with Gasteiger partial charge in [0.25, 0.3) is 0 Å². The predicted octanol–water partition coefficient (Wildman–Crippen LogP) is 4.80. The van der Waals surface area contributed by atoms with Crippen LogP contribution in [0, 0.1) is 12.7 Å². The SMILES string of the molecule is CCCNc1nc(C)cc(Nc2cc(Cl)c(F)c(Cl)c2)n1. The summed E-state index contributed by atoms with van der Waals surface area (Å²) in [6.07, 6.45) is 0.975. The van der Waals surface area contributed by atoms with E-state index in [1.54, 1.807) is 6.07 Å². The van der Waals surface area contributed by atoms with Crippen molar-refractivity contribution < 1.29 is 4.39 Å². The maximum Gasteiger partial charge on any atom is 0.224 e. The molecular weight excluding hydrogens is 314 g/mol. The summed E-state index contributed by atoms with van der Waals surface area (Å²) in [6, 6.07) is 4.70. The molecule has 2 N–H and O–H groups in total. The van der Waals surface area contributed by atoms with Crippen molar-refractivity contribution in [2.45, 2.75) is 20.3 Å². The van der Waals surface area contributed by atoms with Crippen molar-refractivity contribution in [3.63, 3.8) is 0 Å². The van der Waals surface area contributed by atoms with Gasteiger partial charge < -0.3 is 10.6 Å². The molecule has 2 rings (SSSR count). The third kappa shape index (κ3) is 4.19. The van der Waals surface area contributed by atoms with Crippen LogP contribution in [0.1, 0.15) is 19.0 Å². The van der Waals surface area contributed by atoms with Gasteiger partial charge in [0.05, 0.1) is 10.0 Å². The fourth-order valence-corrected chi connectivity index (χ4v) is 2.21. The summed E-state index contributed by atoms with van der Waals surface area (Å²) in [5.74, 6) is 0.492. The minimum Gasteiger partial charge on any atom is -0.354 e. The first-order valence-electron chi connectivity index (χ1n) is 6.50. The third-order valence-corrected chi connectivity index (χ3v) is 3.19. The van der Waals surface area contributed by atoms with Crippen LogP contribution in [-0.2, 0) is 0 Å². The molecule has 1 aromatic carbocycles. The zero-order chi connectivity index (χ0) is 15.4. The molecule has 0 atom stereocenters. The molecule has 0 bridgehead atoms. The second-order valence-electron chi connectivity index (χ2n) is 4.52. The van der Waals surface area contributed by atoms with Gasteiger partial charge in [0.15, 0.2) is 5.82 Å². The van der Waals surface area contributed by atoms with Gasteiger partial charge in [-0.15, -0.1) is 0 Å². The molecule has 112 valence electrons. The van der Waals surface area contributed by atoms with E-state index in [9.17, 15) is 4.39 Å². The zero-order valence-corrected chi connectivity index (χ0v) is 13.2. The highest BCUT2D eigenvalue weighted by atomic mass is 35.5. The maximum atomic E-state index is 13.4. The highest BCUT2D eigenvalue weighted by molar-refractivity contribution is 6.35. The normalized spacial score (nSPS) is 10.5. The Bertz CT molecular complexity index is 626. The number of nitrogens with one attached hydrogen (secondary N) is 2. The second-order valence-corrected chi connectivity index (χ2v) is 5.34. The van der Waals surface area contributed by atoms with Gasteiger partial charge >= 0.3 is 0 Å². The first-order chi connectivity index (χ1) is 9.99. The van der Waals surface area contributed by atoms with Crippen molar-refractivity contribution in [2.75, 3.05) is 17.2 Å². The molecule has 2 aromatic rings. The van der Waals surface area contributed by atoms with Crippen LogP contribution in [0.25, 0.3) is 0 Å². The first-order valence-corrected chi connectivity index (χ1v) is 7.26. The molecule has 7 heteroatoms.